The van der Waals surface area contributed by atoms with Crippen molar-refractivity contribution in [1.29, 1.82) is 0 Å². The molecule has 0 N–H and O–H groups in total. The number of rotatable bonds is 7. The van der Waals surface area contributed by atoms with Gasteiger partial charge in [0.1, 0.15) is 5.82 Å². The number of benzene rings is 1. The Balaban J connectivity index is 1.04. The number of hydrogen-bond acceptors (Lipinski definition) is 7. The van der Waals surface area contributed by atoms with E-state index in [2.05, 4.69) is 38.9 Å². The maximum absolute atomic E-state index is 12.6. The molecule has 2 fully saturated rings. The molecule has 3 heterocycles. The number of piperazine rings is 1. The van der Waals surface area contributed by atoms with Crippen LogP contribution in [-0.4, -0.2) is 56.2 Å². The summed E-state index contributed by atoms with van der Waals surface area (Å²) in [7, 11) is -3.46. The summed E-state index contributed by atoms with van der Waals surface area (Å²) in [5.74, 6) is 2.14. The molecule has 1 saturated carbocycles. The van der Waals surface area contributed by atoms with Crippen molar-refractivity contribution in [3.05, 3.63) is 47.8 Å². The number of furan rings is 1. The topological polar surface area (TPSA) is 71.0 Å². The molecule has 0 bridgehead atoms. The van der Waals surface area contributed by atoms with Crippen LogP contribution in [0.3, 0.4) is 0 Å². The Morgan fingerprint density at radius 1 is 1.03 bits per heavy atom. The molecule has 180 valence electrons. The Hall–Kier alpha value is -2.41. The maximum Gasteiger partial charge on any atom is 0.346 e. The molecule has 0 atom stereocenters. The zero-order chi connectivity index (χ0) is 23.5. The van der Waals surface area contributed by atoms with Crippen molar-refractivity contribution in [1.82, 2.24) is 9.27 Å². The molecular weight excluding hydrogens is 468 g/mol. The molecule has 1 aliphatic heterocycles. The van der Waals surface area contributed by atoms with Crippen LogP contribution in [0.15, 0.2) is 45.9 Å². The first-order valence-corrected chi connectivity index (χ1v) is 14.5. The summed E-state index contributed by atoms with van der Waals surface area (Å²) >= 11 is 1.58. The van der Waals surface area contributed by atoms with Gasteiger partial charge in [-0.1, -0.05) is 25.0 Å². The van der Waals surface area contributed by atoms with Gasteiger partial charge in [-0.3, -0.25) is 4.90 Å². The molecule has 0 unspecified atom stereocenters. The highest BCUT2D eigenvalue weighted by atomic mass is 32.2. The maximum atomic E-state index is 12.6. The summed E-state index contributed by atoms with van der Waals surface area (Å²) in [5, 5.41) is 1.20. The zero-order valence-corrected chi connectivity index (χ0v) is 20.9. The number of anilines is 1. The van der Waals surface area contributed by atoms with Crippen molar-refractivity contribution < 1.29 is 12.8 Å². The Kier molecular flexibility index (Phi) is 6.91. The molecule has 1 aliphatic carbocycles. The van der Waals surface area contributed by atoms with Gasteiger partial charge in [-0.2, -0.15) is 9.22 Å². The molecular formula is C25H30N4O3S2. The van der Waals surface area contributed by atoms with Crippen molar-refractivity contribution in [3.63, 3.8) is 0 Å². The first-order valence-electron chi connectivity index (χ1n) is 12.0. The van der Waals surface area contributed by atoms with E-state index in [0.29, 0.717) is 5.92 Å². The quantitative estimate of drug-likeness (QED) is 0.415. The van der Waals surface area contributed by atoms with Crippen LogP contribution in [0.5, 0.6) is 0 Å². The minimum Gasteiger partial charge on any atom is -0.470 e. The monoisotopic (exact) mass is 498 g/mol. The average molecular weight is 499 g/mol. The van der Waals surface area contributed by atoms with E-state index in [0.717, 1.165) is 64.2 Å². The molecule has 7 nitrogen and oxygen atoms in total. The molecule has 2 aliphatic rings. The standard InChI is InChI=1S/C25H30N4O3S2/c1-26-23-10-11-24(32-23)34(30,31)18-20-8-6-19(7-9-20)12-13-28-14-16-29(17-15-28)25-21-4-2-3-5-22(21)33-27-25/h2-5,10-11,19-20H,6-9,12-18H2. The summed E-state index contributed by atoms with van der Waals surface area (Å²) in [4.78, 5) is 8.14. The van der Waals surface area contributed by atoms with Gasteiger partial charge in [0.2, 0.25) is 14.9 Å². The van der Waals surface area contributed by atoms with Crippen molar-refractivity contribution in [3.8, 4) is 0 Å². The second-order valence-electron chi connectivity index (χ2n) is 9.49. The summed E-state index contributed by atoms with van der Waals surface area (Å²) in [6, 6.07) is 11.3. The number of hydrogen-bond donors (Lipinski definition) is 0. The van der Waals surface area contributed by atoms with Gasteiger partial charge >= 0.3 is 5.88 Å². The van der Waals surface area contributed by atoms with E-state index < -0.39 is 9.84 Å². The molecule has 0 radical (unpaired) electrons. The third-order valence-electron chi connectivity index (χ3n) is 7.29. The van der Waals surface area contributed by atoms with Crippen LogP contribution in [0.1, 0.15) is 32.1 Å². The molecule has 1 saturated heterocycles. The van der Waals surface area contributed by atoms with Gasteiger partial charge in [0.25, 0.3) is 0 Å². The second-order valence-corrected chi connectivity index (χ2v) is 12.3. The van der Waals surface area contributed by atoms with E-state index >= 15 is 0 Å². The number of nitrogens with zero attached hydrogens (tertiary/aromatic N) is 4. The van der Waals surface area contributed by atoms with E-state index in [-0.39, 0.29) is 22.6 Å². The Bertz CT molecular complexity index is 1260. The van der Waals surface area contributed by atoms with Crippen molar-refractivity contribution >= 4 is 43.2 Å². The lowest BCUT2D eigenvalue weighted by Gasteiger charge is -2.36. The number of sulfone groups is 1. The normalized spacial score (nSPS) is 22.1. The molecule has 5 rings (SSSR count). The predicted molar refractivity (Wildman–Crippen MR) is 135 cm³/mol. The van der Waals surface area contributed by atoms with Crippen LogP contribution in [0, 0.1) is 18.4 Å². The lowest BCUT2D eigenvalue weighted by atomic mass is 9.81. The minimum absolute atomic E-state index is 0.0306. The highest BCUT2D eigenvalue weighted by Crippen LogP contribution is 2.34. The number of fused-ring (bicyclic) bond motifs is 1. The van der Waals surface area contributed by atoms with Crippen LogP contribution >= 0.6 is 11.5 Å². The molecule has 3 aromatic rings. The van der Waals surface area contributed by atoms with Crippen LogP contribution in [0.2, 0.25) is 0 Å². The second kappa shape index (κ2) is 10.1. The van der Waals surface area contributed by atoms with Gasteiger partial charge in [-0.25, -0.2) is 8.42 Å². The van der Waals surface area contributed by atoms with Crippen LogP contribution in [0.25, 0.3) is 14.9 Å². The highest BCUT2D eigenvalue weighted by molar-refractivity contribution is 7.91. The van der Waals surface area contributed by atoms with Crippen LogP contribution < -0.4 is 4.90 Å². The van der Waals surface area contributed by atoms with Gasteiger partial charge < -0.3 is 9.32 Å². The molecule has 0 amide bonds. The van der Waals surface area contributed by atoms with E-state index in [1.165, 1.54) is 28.6 Å². The summed E-state index contributed by atoms with van der Waals surface area (Å²) in [6.07, 6.45) is 5.27. The van der Waals surface area contributed by atoms with Gasteiger partial charge in [0.05, 0.1) is 17.0 Å². The fraction of sp³-hybridized carbons (Fsp3) is 0.520. The molecule has 34 heavy (non-hydrogen) atoms. The largest absolute Gasteiger partial charge is 0.470 e. The fourth-order valence-corrected chi connectivity index (χ4v) is 7.67. The van der Waals surface area contributed by atoms with Crippen molar-refractivity contribution in [2.45, 2.75) is 37.2 Å². The van der Waals surface area contributed by atoms with E-state index in [1.807, 2.05) is 0 Å². The predicted octanol–water partition coefficient (Wildman–Crippen LogP) is 5.23. The van der Waals surface area contributed by atoms with Gasteiger partial charge in [-0.05, 0) is 73.4 Å². The SMILES string of the molecule is [C-]#[N+]c1ccc(S(=O)(=O)CC2CCC(CCN3CCN(c4nsc5ccccc45)CC3)CC2)o1. The van der Waals surface area contributed by atoms with Gasteiger partial charge in [0, 0.05) is 31.6 Å². The average Bonchev–Trinajstić information content (AvgIpc) is 3.52. The third-order valence-corrected chi connectivity index (χ3v) is 9.85. The Morgan fingerprint density at radius 3 is 2.50 bits per heavy atom. The van der Waals surface area contributed by atoms with Gasteiger partial charge in [-0.15, -0.1) is 0 Å². The molecule has 0 spiro atoms. The fourth-order valence-electron chi connectivity index (χ4n) is 5.27. The summed E-state index contributed by atoms with van der Waals surface area (Å²) < 4.78 is 36.4. The van der Waals surface area contributed by atoms with E-state index in [9.17, 15) is 8.42 Å². The Labute approximate surface area is 205 Å². The molecule has 1 aromatic carbocycles. The first kappa shape index (κ1) is 23.3. The van der Waals surface area contributed by atoms with E-state index in [4.69, 9.17) is 15.4 Å². The van der Waals surface area contributed by atoms with Crippen molar-refractivity contribution in [2.75, 3.05) is 43.4 Å². The summed E-state index contributed by atoms with van der Waals surface area (Å²) in [6.45, 7) is 12.2. The third kappa shape index (κ3) is 5.14. The lowest BCUT2D eigenvalue weighted by molar-refractivity contribution is 0.208. The molecule has 9 heteroatoms. The summed E-state index contributed by atoms with van der Waals surface area (Å²) in [5.41, 5.74) is 0. The first-order chi connectivity index (χ1) is 16.5. The Morgan fingerprint density at radius 2 is 1.76 bits per heavy atom. The van der Waals surface area contributed by atoms with Crippen LogP contribution in [-0.2, 0) is 9.84 Å². The van der Waals surface area contributed by atoms with Gasteiger partial charge in [0.15, 0.2) is 0 Å². The molecule has 2 aromatic heterocycles. The number of aromatic nitrogens is 1. The smallest absolute Gasteiger partial charge is 0.346 e. The lowest BCUT2D eigenvalue weighted by Crippen LogP contribution is -2.47. The highest BCUT2D eigenvalue weighted by Gasteiger charge is 2.29. The van der Waals surface area contributed by atoms with Crippen molar-refractivity contribution in [2.24, 2.45) is 11.8 Å². The van der Waals surface area contributed by atoms with E-state index in [1.54, 1.807) is 11.5 Å². The zero-order valence-electron chi connectivity index (χ0n) is 19.2. The minimum atomic E-state index is -3.46. The van der Waals surface area contributed by atoms with Crippen LogP contribution in [0.4, 0.5) is 11.7 Å².